The molecule has 0 radical (unpaired) electrons. The van der Waals surface area contributed by atoms with Crippen LogP contribution in [0.25, 0.3) is 11.3 Å². The van der Waals surface area contributed by atoms with Gasteiger partial charge in [-0.1, -0.05) is 41.4 Å². The van der Waals surface area contributed by atoms with E-state index in [0.29, 0.717) is 38.3 Å². The average molecular weight is 469 g/mol. The Morgan fingerprint density at radius 3 is 2.56 bits per heavy atom. The Morgan fingerprint density at radius 2 is 1.94 bits per heavy atom. The number of carbonyl (C=O) groups is 2. The van der Waals surface area contributed by atoms with Crippen molar-refractivity contribution < 1.29 is 14.3 Å². The fourth-order valence-corrected chi connectivity index (χ4v) is 4.23. The monoisotopic (exact) mass is 468 g/mol. The number of esters is 1. The summed E-state index contributed by atoms with van der Waals surface area (Å²) in [6.45, 7) is 3.67. The predicted octanol–water partition coefficient (Wildman–Crippen LogP) is 3.85. The molecule has 162 valence electrons. The van der Waals surface area contributed by atoms with Crippen LogP contribution in [0.15, 0.2) is 53.9 Å². The highest BCUT2D eigenvalue weighted by Crippen LogP contribution is 2.38. The van der Waals surface area contributed by atoms with E-state index in [9.17, 15) is 9.59 Å². The summed E-state index contributed by atoms with van der Waals surface area (Å²) < 4.78 is 5.15. The molecule has 9 heteroatoms. The number of rotatable bonds is 4. The molecule has 1 unspecified atom stereocenters. The van der Waals surface area contributed by atoms with Crippen LogP contribution in [-0.2, 0) is 14.3 Å². The van der Waals surface area contributed by atoms with Crippen molar-refractivity contribution in [2.24, 2.45) is 0 Å². The van der Waals surface area contributed by atoms with Gasteiger partial charge in [0.1, 0.15) is 5.82 Å². The molecule has 1 amide bonds. The van der Waals surface area contributed by atoms with E-state index < -0.39 is 11.9 Å². The summed E-state index contributed by atoms with van der Waals surface area (Å²) in [6, 6.07) is 13.5. The molecule has 7 nitrogen and oxygen atoms in total. The van der Waals surface area contributed by atoms with Crippen molar-refractivity contribution in [2.45, 2.75) is 19.9 Å². The molecule has 2 N–H and O–H groups in total. The zero-order valence-corrected chi connectivity index (χ0v) is 18.7. The Bertz CT molecular complexity index is 1230. The number of fused-ring (bicyclic) bond motifs is 1. The first-order chi connectivity index (χ1) is 15.3. The van der Waals surface area contributed by atoms with Crippen molar-refractivity contribution in [1.82, 2.24) is 15.8 Å². The van der Waals surface area contributed by atoms with Gasteiger partial charge in [-0.25, -0.2) is 15.2 Å². The minimum absolute atomic E-state index is 0.119. The van der Waals surface area contributed by atoms with Gasteiger partial charge >= 0.3 is 5.97 Å². The summed E-state index contributed by atoms with van der Waals surface area (Å²) in [5.74, 6) is -0.835. The molecule has 0 fully saturated rings. The molecule has 0 spiro atoms. The molecular formula is C23H18Cl2N4O3. The first kappa shape index (κ1) is 21.9. The van der Waals surface area contributed by atoms with Gasteiger partial charge < -0.3 is 10.1 Å². The summed E-state index contributed by atoms with van der Waals surface area (Å²) in [4.78, 5) is 26.1. The lowest BCUT2D eigenvalue weighted by Gasteiger charge is -2.30. The molecule has 0 saturated carbocycles. The summed E-state index contributed by atoms with van der Waals surface area (Å²) >= 11 is 12.5. The lowest BCUT2D eigenvalue weighted by molar-refractivity contribution is -0.142. The van der Waals surface area contributed by atoms with Crippen molar-refractivity contribution >= 4 is 46.3 Å². The first-order valence-electron chi connectivity index (χ1n) is 9.84. The lowest BCUT2D eigenvalue weighted by atomic mass is 9.98. The molecule has 0 saturated heterocycles. The van der Waals surface area contributed by atoms with E-state index in [1.807, 2.05) is 6.92 Å². The zero-order valence-electron chi connectivity index (χ0n) is 17.2. The maximum absolute atomic E-state index is 13.4. The van der Waals surface area contributed by atoms with E-state index in [4.69, 9.17) is 33.2 Å². The number of nitrogens with zero attached hydrogens (tertiary/aromatic N) is 2. The van der Waals surface area contributed by atoms with E-state index in [-0.39, 0.29) is 18.2 Å². The van der Waals surface area contributed by atoms with Gasteiger partial charge in [0.15, 0.2) is 5.57 Å². The standard InChI is InChI=1S/C23H18Cl2N4O3/c1-3-32-23(31)19-20(14-6-4-13(11-26)5-7-14)27-21-18(12(2)28-29(21)22(19)30)16-9-8-15(24)10-17(16)25/h4-10,12,27-28H,3H2,1-2H3. The minimum atomic E-state index is -0.740. The highest BCUT2D eigenvalue weighted by atomic mass is 35.5. The SMILES string of the molecule is CCOC(=O)C1=C(c2ccc(C#N)cc2)NC2=C(c3ccc(Cl)cc3Cl)C(C)NN2C1=O. The van der Waals surface area contributed by atoms with E-state index in [1.165, 1.54) is 5.01 Å². The third kappa shape index (κ3) is 3.73. The molecule has 4 rings (SSSR count). The summed E-state index contributed by atoms with van der Waals surface area (Å²) in [6.07, 6.45) is 0. The highest BCUT2D eigenvalue weighted by Gasteiger charge is 2.43. The van der Waals surface area contributed by atoms with Crippen LogP contribution < -0.4 is 10.7 Å². The summed E-state index contributed by atoms with van der Waals surface area (Å²) in [7, 11) is 0. The van der Waals surface area contributed by atoms with Crippen LogP contribution in [0.2, 0.25) is 10.0 Å². The average Bonchev–Trinajstić information content (AvgIpc) is 3.10. The Labute approximate surface area is 194 Å². The van der Waals surface area contributed by atoms with Gasteiger partial charge in [0.05, 0.1) is 30.0 Å². The van der Waals surface area contributed by atoms with Crippen molar-refractivity contribution in [3.8, 4) is 6.07 Å². The third-order valence-corrected chi connectivity index (χ3v) is 5.70. The van der Waals surface area contributed by atoms with Crippen molar-refractivity contribution in [3.05, 3.63) is 80.6 Å². The van der Waals surface area contributed by atoms with Gasteiger partial charge in [0, 0.05) is 21.2 Å². The maximum atomic E-state index is 13.4. The predicted molar refractivity (Wildman–Crippen MR) is 121 cm³/mol. The van der Waals surface area contributed by atoms with Gasteiger partial charge in [0.25, 0.3) is 5.91 Å². The largest absolute Gasteiger partial charge is 0.462 e. The molecule has 32 heavy (non-hydrogen) atoms. The molecule has 0 bridgehead atoms. The normalized spacial score (nSPS) is 17.8. The van der Waals surface area contributed by atoms with Gasteiger partial charge in [-0.2, -0.15) is 5.26 Å². The second kappa shape index (κ2) is 8.67. The number of nitrogens with one attached hydrogen (secondary N) is 2. The number of hydrazine groups is 1. The van der Waals surface area contributed by atoms with E-state index >= 15 is 0 Å². The van der Waals surface area contributed by atoms with Gasteiger partial charge in [-0.3, -0.25) is 4.79 Å². The number of halogens is 2. The number of ether oxygens (including phenoxy) is 1. The second-order valence-electron chi connectivity index (χ2n) is 7.16. The van der Waals surface area contributed by atoms with E-state index in [1.54, 1.807) is 49.4 Å². The highest BCUT2D eigenvalue weighted by molar-refractivity contribution is 6.36. The van der Waals surface area contributed by atoms with Gasteiger partial charge in [-0.15, -0.1) is 0 Å². The number of amides is 1. The van der Waals surface area contributed by atoms with Crippen LogP contribution in [-0.4, -0.2) is 29.5 Å². The molecule has 2 aliphatic rings. The molecule has 0 aliphatic carbocycles. The van der Waals surface area contributed by atoms with Crippen LogP contribution in [0, 0.1) is 11.3 Å². The van der Waals surface area contributed by atoms with Crippen LogP contribution in [0.4, 0.5) is 0 Å². The van der Waals surface area contributed by atoms with Crippen LogP contribution in [0.5, 0.6) is 0 Å². The quantitative estimate of drug-likeness (QED) is 0.522. The Kier molecular flexibility index (Phi) is 5.94. The summed E-state index contributed by atoms with van der Waals surface area (Å²) in [5, 5.41) is 14.6. The molecule has 2 aromatic carbocycles. The third-order valence-electron chi connectivity index (χ3n) is 5.15. The Hall–Kier alpha value is -3.31. The van der Waals surface area contributed by atoms with Crippen LogP contribution in [0.3, 0.4) is 0 Å². The Morgan fingerprint density at radius 1 is 1.22 bits per heavy atom. The number of nitriles is 1. The van der Waals surface area contributed by atoms with Crippen LogP contribution >= 0.6 is 23.2 Å². The zero-order chi connectivity index (χ0) is 23.0. The molecule has 1 atom stereocenters. The fraction of sp³-hybridized carbons (Fsp3) is 0.174. The van der Waals surface area contributed by atoms with Gasteiger partial charge in [-0.05, 0) is 43.7 Å². The minimum Gasteiger partial charge on any atom is -0.462 e. The number of hydrogen-bond donors (Lipinski definition) is 2. The molecule has 2 aliphatic heterocycles. The number of carbonyl (C=O) groups excluding carboxylic acids is 2. The smallest absolute Gasteiger partial charge is 0.346 e. The number of benzene rings is 2. The fourth-order valence-electron chi connectivity index (χ4n) is 3.72. The van der Waals surface area contributed by atoms with Gasteiger partial charge in [0.2, 0.25) is 0 Å². The molecule has 0 aromatic heterocycles. The molecule has 2 aromatic rings. The van der Waals surface area contributed by atoms with Crippen molar-refractivity contribution in [1.29, 1.82) is 5.26 Å². The van der Waals surface area contributed by atoms with Crippen LogP contribution in [0.1, 0.15) is 30.5 Å². The summed E-state index contributed by atoms with van der Waals surface area (Å²) in [5.41, 5.74) is 5.71. The topological polar surface area (TPSA) is 94.5 Å². The number of hydrogen-bond acceptors (Lipinski definition) is 6. The molecular weight excluding hydrogens is 451 g/mol. The molecule has 2 heterocycles. The van der Waals surface area contributed by atoms with E-state index in [0.717, 1.165) is 5.57 Å². The van der Waals surface area contributed by atoms with E-state index in [2.05, 4.69) is 16.8 Å². The van der Waals surface area contributed by atoms with Crippen molar-refractivity contribution in [3.63, 3.8) is 0 Å². The second-order valence-corrected chi connectivity index (χ2v) is 8.01. The van der Waals surface area contributed by atoms with Crippen molar-refractivity contribution in [2.75, 3.05) is 6.61 Å². The first-order valence-corrected chi connectivity index (χ1v) is 10.6. The lowest BCUT2D eigenvalue weighted by Crippen LogP contribution is -2.49. The Balaban J connectivity index is 1.91. The maximum Gasteiger partial charge on any atom is 0.346 e.